The molecule has 3 aromatic carbocycles. The van der Waals surface area contributed by atoms with Gasteiger partial charge >= 0.3 is 0 Å². The number of ether oxygens (including phenoxy) is 2. The van der Waals surface area contributed by atoms with Crippen LogP contribution < -0.4 is 19.1 Å². The fourth-order valence-corrected chi connectivity index (χ4v) is 6.74. The zero-order chi connectivity index (χ0) is 31.0. The van der Waals surface area contributed by atoms with Gasteiger partial charge in [0.05, 0.1) is 24.8 Å². The van der Waals surface area contributed by atoms with Crippen LogP contribution in [-0.2, 0) is 26.2 Å². The molecule has 10 heteroatoms. The lowest BCUT2D eigenvalue weighted by Crippen LogP contribution is -2.53. The first-order chi connectivity index (χ1) is 20.6. The van der Waals surface area contributed by atoms with Crippen LogP contribution in [0, 0.1) is 6.92 Å². The monoisotopic (exact) mass is 607 g/mol. The Labute approximate surface area is 254 Å². The summed E-state index contributed by atoms with van der Waals surface area (Å²) in [6, 6.07) is 19.6. The maximum atomic E-state index is 14.2. The number of hydrogen-bond donors (Lipinski definition) is 1. The van der Waals surface area contributed by atoms with Crippen molar-refractivity contribution in [1.29, 1.82) is 0 Å². The second kappa shape index (κ2) is 14.4. The number of amides is 2. The molecular weight excluding hydrogens is 566 g/mol. The first-order valence-electron chi connectivity index (χ1n) is 14.6. The van der Waals surface area contributed by atoms with Crippen molar-refractivity contribution in [1.82, 2.24) is 10.2 Å². The van der Waals surface area contributed by atoms with Crippen LogP contribution in [0.3, 0.4) is 0 Å². The third-order valence-corrected chi connectivity index (χ3v) is 9.62. The average Bonchev–Trinajstić information content (AvgIpc) is 3.03. The molecule has 3 aromatic rings. The number of nitrogens with one attached hydrogen (secondary N) is 1. The summed E-state index contributed by atoms with van der Waals surface area (Å²) in [5.74, 6) is 0.184. The van der Waals surface area contributed by atoms with E-state index in [1.807, 2.05) is 25.1 Å². The summed E-state index contributed by atoms with van der Waals surface area (Å²) in [6.07, 6.45) is 5.07. The van der Waals surface area contributed by atoms with Crippen molar-refractivity contribution in [3.63, 3.8) is 0 Å². The quantitative estimate of drug-likeness (QED) is 0.308. The number of carbonyl (C=O) groups excluding carboxylic acids is 2. The zero-order valence-electron chi connectivity index (χ0n) is 25.3. The van der Waals surface area contributed by atoms with Crippen molar-refractivity contribution in [3.05, 3.63) is 83.9 Å². The largest absolute Gasteiger partial charge is 0.497 e. The molecule has 43 heavy (non-hydrogen) atoms. The number of methoxy groups -OCH3 is 2. The van der Waals surface area contributed by atoms with E-state index in [1.165, 1.54) is 24.1 Å². The van der Waals surface area contributed by atoms with Crippen molar-refractivity contribution < 1.29 is 27.5 Å². The highest BCUT2D eigenvalue weighted by molar-refractivity contribution is 7.92. The standard InChI is InChI=1S/C33H41N3O6S/c1-24-15-20-31(42-4)30(21-24)36(43(39,40)29-13-9-6-10-14-29)23-32(37)35(22-26-16-18-28(41-3)19-17-26)25(2)33(38)34-27-11-7-5-8-12-27/h6,9-10,13-21,25,27H,5,7-8,11-12,22-23H2,1-4H3,(H,34,38)/t25-/m1/s1. The van der Waals surface area contributed by atoms with Gasteiger partial charge in [0.1, 0.15) is 24.1 Å². The Kier molecular flexibility index (Phi) is 10.7. The van der Waals surface area contributed by atoms with Gasteiger partial charge in [0, 0.05) is 12.6 Å². The van der Waals surface area contributed by atoms with Crippen LogP contribution in [0.5, 0.6) is 11.5 Å². The van der Waals surface area contributed by atoms with Gasteiger partial charge in [-0.1, -0.05) is 55.7 Å². The van der Waals surface area contributed by atoms with Gasteiger partial charge in [-0.15, -0.1) is 0 Å². The Hall–Kier alpha value is -4.05. The van der Waals surface area contributed by atoms with Crippen LogP contribution >= 0.6 is 0 Å². The van der Waals surface area contributed by atoms with E-state index >= 15 is 0 Å². The number of sulfonamides is 1. The van der Waals surface area contributed by atoms with Crippen LogP contribution in [0.15, 0.2) is 77.7 Å². The third-order valence-electron chi connectivity index (χ3n) is 7.84. The number of nitrogens with zero attached hydrogens (tertiary/aromatic N) is 2. The lowest BCUT2D eigenvalue weighted by molar-refractivity contribution is -0.139. The van der Waals surface area contributed by atoms with E-state index in [4.69, 9.17) is 9.47 Å². The second-order valence-electron chi connectivity index (χ2n) is 10.9. The fourth-order valence-electron chi connectivity index (χ4n) is 5.31. The van der Waals surface area contributed by atoms with E-state index in [-0.39, 0.29) is 29.1 Å². The van der Waals surface area contributed by atoms with Gasteiger partial charge < -0.3 is 19.7 Å². The molecule has 1 aliphatic rings. The predicted octanol–water partition coefficient (Wildman–Crippen LogP) is 5.07. The lowest BCUT2D eigenvalue weighted by atomic mass is 9.95. The molecule has 1 aliphatic carbocycles. The minimum absolute atomic E-state index is 0.0381. The van der Waals surface area contributed by atoms with Crippen molar-refractivity contribution in [3.8, 4) is 11.5 Å². The van der Waals surface area contributed by atoms with Crippen LogP contribution in [0.4, 0.5) is 5.69 Å². The number of aryl methyl sites for hydroxylation is 1. The van der Waals surface area contributed by atoms with Gasteiger partial charge in [-0.25, -0.2) is 8.42 Å². The normalized spacial score (nSPS) is 14.4. The van der Waals surface area contributed by atoms with Crippen LogP contribution in [0.25, 0.3) is 0 Å². The van der Waals surface area contributed by atoms with E-state index in [9.17, 15) is 18.0 Å². The molecule has 2 amide bonds. The van der Waals surface area contributed by atoms with Crippen molar-refractivity contribution in [2.45, 2.75) is 69.5 Å². The van der Waals surface area contributed by atoms with Gasteiger partial charge in [0.15, 0.2) is 0 Å². The molecule has 0 saturated heterocycles. The van der Waals surface area contributed by atoms with Gasteiger partial charge in [-0.2, -0.15) is 0 Å². The predicted molar refractivity (Wildman–Crippen MR) is 167 cm³/mol. The Bertz CT molecular complexity index is 1490. The summed E-state index contributed by atoms with van der Waals surface area (Å²) in [4.78, 5) is 29.2. The van der Waals surface area contributed by atoms with E-state index in [0.717, 1.165) is 47.5 Å². The number of carbonyl (C=O) groups is 2. The molecule has 1 saturated carbocycles. The van der Waals surface area contributed by atoms with Crippen molar-refractivity contribution >= 4 is 27.5 Å². The molecule has 1 N–H and O–H groups in total. The van der Waals surface area contributed by atoms with Crippen LogP contribution in [-0.4, -0.2) is 58.0 Å². The smallest absolute Gasteiger partial charge is 0.264 e. The molecule has 1 atom stereocenters. The number of hydrogen-bond acceptors (Lipinski definition) is 6. The average molecular weight is 608 g/mol. The Morgan fingerprint density at radius 3 is 2.23 bits per heavy atom. The SMILES string of the molecule is COc1ccc(CN(C(=O)CN(c2cc(C)ccc2OC)S(=O)(=O)c2ccccc2)[C@H](C)C(=O)NC2CCCCC2)cc1. The minimum Gasteiger partial charge on any atom is -0.497 e. The van der Waals surface area contributed by atoms with E-state index in [1.54, 1.807) is 56.5 Å². The fraction of sp³-hybridized carbons (Fsp3) is 0.394. The number of rotatable bonds is 12. The molecule has 0 unspecified atom stereocenters. The van der Waals surface area contributed by atoms with Gasteiger partial charge in [-0.05, 0) is 74.2 Å². The maximum Gasteiger partial charge on any atom is 0.264 e. The van der Waals surface area contributed by atoms with Crippen LogP contribution in [0.1, 0.15) is 50.2 Å². The van der Waals surface area contributed by atoms with E-state index < -0.39 is 28.5 Å². The molecule has 0 radical (unpaired) electrons. The van der Waals surface area contributed by atoms with E-state index in [0.29, 0.717) is 11.5 Å². The first-order valence-corrected chi connectivity index (χ1v) is 16.0. The zero-order valence-corrected chi connectivity index (χ0v) is 26.1. The molecule has 0 heterocycles. The lowest BCUT2D eigenvalue weighted by Gasteiger charge is -2.33. The molecule has 9 nitrogen and oxygen atoms in total. The van der Waals surface area contributed by atoms with Gasteiger partial charge in [-0.3, -0.25) is 13.9 Å². The molecule has 230 valence electrons. The third kappa shape index (κ3) is 7.87. The van der Waals surface area contributed by atoms with Crippen molar-refractivity contribution in [2.24, 2.45) is 0 Å². The highest BCUT2D eigenvalue weighted by Gasteiger charge is 2.34. The summed E-state index contributed by atoms with van der Waals surface area (Å²) in [5, 5.41) is 3.12. The Morgan fingerprint density at radius 1 is 0.930 bits per heavy atom. The molecule has 0 spiro atoms. The maximum absolute atomic E-state index is 14.2. The topological polar surface area (TPSA) is 105 Å². The molecule has 0 bridgehead atoms. The molecule has 0 aromatic heterocycles. The van der Waals surface area contributed by atoms with Crippen molar-refractivity contribution in [2.75, 3.05) is 25.1 Å². The Balaban J connectivity index is 1.71. The molecule has 0 aliphatic heterocycles. The summed E-state index contributed by atoms with van der Waals surface area (Å²) >= 11 is 0. The highest BCUT2D eigenvalue weighted by atomic mass is 32.2. The summed E-state index contributed by atoms with van der Waals surface area (Å²) in [5.41, 5.74) is 1.81. The number of anilines is 1. The molecule has 1 fully saturated rings. The van der Waals surface area contributed by atoms with E-state index in [2.05, 4.69) is 5.32 Å². The second-order valence-corrected chi connectivity index (χ2v) is 12.8. The highest BCUT2D eigenvalue weighted by Crippen LogP contribution is 2.34. The molecule has 4 rings (SSSR count). The Morgan fingerprint density at radius 2 is 1.60 bits per heavy atom. The summed E-state index contributed by atoms with van der Waals surface area (Å²) < 4.78 is 40.0. The first kappa shape index (κ1) is 31.9. The summed E-state index contributed by atoms with van der Waals surface area (Å²) in [6.45, 7) is 3.09. The molecular formula is C33H41N3O6S. The van der Waals surface area contributed by atoms with Gasteiger partial charge in [0.2, 0.25) is 11.8 Å². The van der Waals surface area contributed by atoms with Gasteiger partial charge in [0.25, 0.3) is 10.0 Å². The minimum atomic E-state index is -4.19. The van der Waals surface area contributed by atoms with Crippen LogP contribution in [0.2, 0.25) is 0 Å². The summed E-state index contributed by atoms with van der Waals surface area (Å²) in [7, 11) is -1.17. The number of benzene rings is 3.